The molecular formula is C10H19NO. The Hall–Kier alpha value is -0.790. The van der Waals surface area contributed by atoms with Crippen LogP contribution in [0.4, 0.5) is 0 Å². The number of nitrogens with two attached hydrogens (primary N) is 1. The third kappa shape index (κ3) is 3.07. The molecule has 0 heterocycles. The molecule has 2 heteroatoms. The average Bonchev–Trinajstić information content (AvgIpc) is 2.05. The minimum Gasteiger partial charge on any atom is -0.366 e. The Morgan fingerprint density at radius 3 is 1.92 bits per heavy atom. The van der Waals surface area contributed by atoms with E-state index in [-0.39, 0.29) is 5.91 Å². The summed E-state index contributed by atoms with van der Waals surface area (Å²) in [6.07, 6.45) is 3.69. The normalized spacial score (nSPS) is 9.58. The first kappa shape index (κ1) is 11.2. The van der Waals surface area contributed by atoms with Gasteiger partial charge in [-0.1, -0.05) is 32.8 Å². The lowest BCUT2D eigenvalue weighted by atomic mass is 9.99. The smallest absolute Gasteiger partial charge is 0.244 e. The molecule has 0 radical (unpaired) electrons. The summed E-state index contributed by atoms with van der Waals surface area (Å²) in [6.45, 7) is 6.20. The van der Waals surface area contributed by atoms with Gasteiger partial charge in [-0.2, -0.15) is 0 Å². The van der Waals surface area contributed by atoms with E-state index in [1.54, 1.807) is 0 Å². The van der Waals surface area contributed by atoms with Crippen molar-refractivity contribution in [2.24, 2.45) is 5.73 Å². The summed E-state index contributed by atoms with van der Waals surface area (Å²) >= 11 is 0. The van der Waals surface area contributed by atoms with Crippen LogP contribution in [0.5, 0.6) is 0 Å². The highest BCUT2D eigenvalue weighted by molar-refractivity contribution is 5.92. The van der Waals surface area contributed by atoms with E-state index in [0.717, 1.165) is 31.3 Å². The molecule has 2 nitrogen and oxygen atoms in total. The molecule has 0 aromatic rings. The van der Waals surface area contributed by atoms with Crippen molar-refractivity contribution in [3.63, 3.8) is 0 Å². The van der Waals surface area contributed by atoms with Crippen molar-refractivity contribution in [2.75, 3.05) is 0 Å². The van der Waals surface area contributed by atoms with E-state index in [1.165, 1.54) is 5.57 Å². The molecule has 0 aliphatic carbocycles. The van der Waals surface area contributed by atoms with Gasteiger partial charge in [0.25, 0.3) is 0 Å². The number of carbonyl (C=O) groups is 1. The SMILES string of the molecule is CCCC(C(N)=O)=C(CC)CC. The highest BCUT2D eigenvalue weighted by Crippen LogP contribution is 2.16. The van der Waals surface area contributed by atoms with Crippen LogP contribution in [-0.4, -0.2) is 5.91 Å². The monoisotopic (exact) mass is 169 g/mol. The molecule has 1 amide bonds. The van der Waals surface area contributed by atoms with Gasteiger partial charge in [0.15, 0.2) is 0 Å². The first-order valence-corrected chi connectivity index (χ1v) is 4.67. The fourth-order valence-corrected chi connectivity index (χ4v) is 1.40. The van der Waals surface area contributed by atoms with Crippen molar-refractivity contribution in [3.05, 3.63) is 11.1 Å². The maximum absolute atomic E-state index is 11.0. The molecule has 0 aromatic carbocycles. The first-order valence-electron chi connectivity index (χ1n) is 4.67. The maximum Gasteiger partial charge on any atom is 0.244 e. The molecule has 0 saturated carbocycles. The predicted molar refractivity (Wildman–Crippen MR) is 51.7 cm³/mol. The first-order chi connectivity index (χ1) is 5.67. The molecule has 0 aliphatic rings. The minimum absolute atomic E-state index is 0.240. The van der Waals surface area contributed by atoms with Gasteiger partial charge in [0, 0.05) is 5.57 Å². The third-order valence-corrected chi connectivity index (χ3v) is 2.08. The summed E-state index contributed by atoms with van der Waals surface area (Å²) in [5, 5.41) is 0. The molecule has 70 valence electrons. The number of hydrogen-bond acceptors (Lipinski definition) is 1. The number of amides is 1. The van der Waals surface area contributed by atoms with Gasteiger partial charge in [-0.15, -0.1) is 0 Å². The molecule has 2 N–H and O–H groups in total. The zero-order valence-corrected chi connectivity index (χ0v) is 8.31. The molecule has 12 heavy (non-hydrogen) atoms. The van der Waals surface area contributed by atoms with Gasteiger partial charge in [-0.3, -0.25) is 4.79 Å². The van der Waals surface area contributed by atoms with Crippen LogP contribution in [0.1, 0.15) is 46.5 Å². The molecule has 0 aromatic heterocycles. The molecule has 0 rings (SSSR count). The third-order valence-electron chi connectivity index (χ3n) is 2.08. The van der Waals surface area contributed by atoms with E-state index >= 15 is 0 Å². The van der Waals surface area contributed by atoms with Gasteiger partial charge in [0.1, 0.15) is 0 Å². The van der Waals surface area contributed by atoms with Crippen LogP contribution >= 0.6 is 0 Å². The Bertz CT molecular complexity index is 176. The van der Waals surface area contributed by atoms with Crippen LogP contribution in [0.2, 0.25) is 0 Å². The molecule has 0 spiro atoms. The van der Waals surface area contributed by atoms with E-state index in [4.69, 9.17) is 5.73 Å². The van der Waals surface area contributed by atoms with Crippen molar-refractivity contribution < 1.29 is 4.79 Å². The molecule has 0 bridgehead atoms. The highest BCUT2D eigenvalue weighted by Gasteiger charge is 2.08. The van der Waals surface area contributed by atoms with Crippen LogP contribution in [0.15, 0.2) is 11.1 Å². The predicted octanol–water partition coefficient (Wildman–Crippen LogP) is 2.39. The van der Waals surface area contributed by atoms with Gasteiger partial charge in [-0.05, 0) is 19.3 Å². The van der Waals surface area contributed by atoms with Crippen molar-refractivity contribution in [1.82, 2.24) is 0 Å². The Morgan fingerprint density at radius 2 is 1.67 bits per heavy atom. The Balaban J connectivity index is 4.63. The van der Waals surface area contributed by atoms with E-state index in [2.05, 4.69) is 20.8 Å². The number of carbonyl (C=O) groups excluding carboxylic acids is 1. The van der Waals surface area contributed by atoms with Crippen molar-refractivity contribution >= 4 is 5.91 Å². The van der Waals surface area contributed by atoms with Crippen LogP contribution in [0.25, 0.3) is 0 Å². The average molecular weight is 169 g/mol. The summed E-state index contributed by atoms with van der Waals surface area (Å²) in [5.41, 5.74) is 7.34. The molecule has 0 unspecified atom stereocenters. The summed E-state index contributed by atoms with van der Waals surface area (Å²) < 4.78 is 0. The van der Waals surface area contributed by atoms with Crippen LogP contribution < -0.4 is 5.73 Å². The molecular weight excluding hydrogens is 150 g/mol. The van der Waals surface area contributed by atoms with Crippen LogP contribution in [-0.2, 0) is 4.79 Å². The van der Waals surface area contributed by atoms with Gasteiger partial charge in [0.2, 0.25) is 5.91 Å². The van der Waals surface area contributed by atoms with Gasteiger partial charge in [-0.25, -0.2) is 0 Å². The largest absolute Gasteiger partial charge is 0.366 e. The van der Waals surface area contributed by atoms with Crippen molar-refractivity contribution in [3.8, 4) is 0 Å². The number of allylic oxidation sites excluding steroid dienone is 1. The lowest BCUT2D eigenvalue weighted by Crippen LogP contribution is -2.15. The molecule has 0 saturated heterocycles. The number of rotatable bonds is 5. The Kier molecular flexibility index (Phi) is 5.43. The topological polar surface area (TPSA) is 43.1 Å². The second-order valence-electron chi connectivity index (χ2n) is 2.90. The lowest BCUT2D eigenvalue weighted by Gasteiger charge is -2.08. The van der Waals surface area contributed by atoms with E-state index in [9.17, 15) is 4.79 Å². The van der Waals surface area contributed by atoms with E-state index < -0.39 is 0 Å². The van der Waals surface area contributed by atoms with E-state index in [0.29, 0.717) is 0 Å². The quantitative estimate of drug-likeness (QED) is 0.631. The van der Waals surface area contributed by atoms with Crippen LogP contribution in [0, 0.1) is 0 Å². The maximum atomic E-state index is 11.0. The Labute approximate surface area is 74.8 Å². The fourth-order valence-electron chi connectivity index (χ4n) is 1.40. The van der Waals surface area contributed by atoms with E-state index in [1.807, 2.05) is 0 Å². The number of primary amides is 1. The zero-order chi connectivity index (χ0) is 9.56. The second-order valence-corrected chi connectivity index (χ2v) is 2.90. The van der Waals surface area contributed by atoms with Crippen LogP contribution in [0.3, 0.4) is 0 Å². The Morgan fingerprint density at radius 1 is 1.17 bits per heavy atom. The second kappa shape index (κ2) is 5.81. The van der Waals surface area contributed by atoms with Crippen molar-refractivity contribution in [2.45, 2.75) is 46.5 Å². The highest BCUT2D eigenvalue weighted by atomic mass is 16.1. The molecule has 0 atom stereocenters. The van der Waals surface area contributed by atoms with Gasteiger partial charge < -0.3 is 5.73 Å². The van der Waals surface area contributed by atoms with Gasteiger partial charge >= 0.3 is 0 Å². The molecule has 0 aliphatic heterocycles. The molecule has 0 fully saturated rings. The lowest BCUT2D eigenvalue weighted by molar-refractivity contribution is -0.114. The standard InChI is InChI=1S/C10H19NO/c1-4-7-9(10(11)12)8(5-2)6-3/h4-7H2,1-3H3,(H2,11,12). The minimum atomic E-state index is -0.240. The fraction of sp³-hybridized carbons (Fsp3) is 0.700. The summed E-state index contributed by atoms with van der Waals surface area (Å²) in [4.78, 5) is 11.0. The zero-order valence-electron chi connectivity index (χ0n) is 8.31. The summed E-state index contributed by atoms with van der Waals surface area (Å²) in [7, 11) is 0. The van der Waals surface area contributed by atoms with Gasteiger partial charge in [0.05, 0.1) is 0 Å². The summed E-state index contributed by atoms with van der Waals surface area (Å²) in [5.74, 6) is -0.240. The number of hydrogen-bond donors (Lipinski definition) is 1. The van der Waals surface area contributed by atoms with Crippen molar-refractivity contribution in [1.29, 1.82) is 0 Å². The summed E-state index contributed by atoms with van der Waals surface area (Å²) in [6, 6.07) is 0.